The lowest BCUT2D eigenvalue weighted by atomic mass is 10.1. The predicted octanol–water partition coefficient (Wildman–Crippen LogP) is 0.630. The average Bonchev–Trinajstić information content (AvgIpc) is 2.38. The van der Waals surface area contributed by atoms with Crippen LogP contribution in [0, 0.1) is 10.1 Å². The van der Waals surface area contributed by atoms with Crippen molar-refractivity contribution in [2.75, 3.05) is 11.9 Å². The van der Waals surface area contributed by atoms with Crippen LogP contribution >= 0.6 is 0 Å². The zero-order valence-electron chi connectivity index (χ0n) is 11.2. The highest BCUT2D eigenvalue weighted by molar-refractivity contribution is 5.98. The van der Waals surface area contributed by atoms with E-state index in [1.807, 2.05) is 0 Å². The van der Waals surface area contributed by atoms with E-state index in [-0.39, 0.29) is 16.9 Å². The van der Waals surface area contributed by atoms with Crippen molar-refractivity contribution >= 4 is 23.2 Å². The second-order valence-corrected chi connectivity index (χ2v) is 4.12. The van der Waals surface area contributed by atoms with E-state index in [9.17, 15) is 19.7 Å². The molecule has 8 heteroatoms. The van der Waals surface area contributed by atoms with Crippen molar-refractivity contribution in [3.8, 4) is 0 Å². The Morgan fingerprint density at radius 1 is 1.45 bits per heavy atom. The minimum atomic E-state index is -0.819. The zero-order chi connectivity index (χ0) is 15.3. The molecule has 0 saturated heterocycles. The summed E-state index contributed by atoms with van der Waals surface area (Å²) in [5.74, 6) is -1.18. The SMILES string of the molecule is CCNc1cc(C(=O)NC(C)C(N)=O)ccc1[N+](=O)[O-]. The Morgan fingerprint density at radius 3 is 2.60 bits per heavy atom. The van der Waals surface area contributed by atoms with Crippen LogP contribution in [0.4, 0.5) is 11.4 Å². The summed E-state index contributed by atoms with van der Waals surface area (Å²) in [7, 11) is 0. The number of primary amides is 1. The largest absolute Gasteiger partial charge is 0.380 e. The summed E-state index contributed by atoms with van der Waals surface area (Å²) in [5, 5.41) is 16.1. The van der Waals surface area contributed by atoms with Gasteiger partial charge >= 0.3 is 0 Å². The first-order chi connectivity index (χ1) is 9.36. The van der Waals surface area contributed by atoms with Crippen molar-refractivity contribution in [1.29, 1.82) is 0 Å². The third-order valence-corrected chi connectivity index (χ3v) is 2.60. The number of amides is 2. The molecule has 0 aliphatic rings. The molecule has 0 radical (unpaired) electrons. The average molecular weight is 280 g/mol. The summed E-state index contributed by atoms with van der Waals surface area (Å²) < 4.78 is 0. The van der Waals surface area contributed by atoms with Crippen LogP contribution in [-0.2, 0) is 4.79 Å². The fourth-order valence-corrected chi connectivity index (χ4v) is 1.52. The van der Waals surface area contributed by atoms with Crippen molar-refractivity contribution in [2.24, 2.45) is 5.73 Å². The topological polar surface area (TPSA) is 127 Å². The van der Waals surface area contributed by atoms with Gasteiger partial charge in [-0.3, -0.25) is 19.7 Å². The van der Waals surface area contributed by atoms with E-state index in [0.29, 0.717) is 6.54 Å². The van der Waals surface area contributed by atoms with E-state index < -0.39 is 22.8 Å². The lowest BCUT2D eigenvalue weighted by Crippen LogP contribution is -2.42. The van der Waals surface area contributed by atoms with Gasteiger partial charge in [-0.25, -0.2) is 0 Å². The van der Waals surface area contributed by atoms with Gasteiger partial charge in [0.2, 0.25) is 5.91 Å². The summed E-state index contributed by atoms with van der Waals surface area (Å²) in [4.78, 5) is 33.1. The van der Waals surface area contributed by atoms with Crippen LogP contribution in [-0.4, -0.2) is 29.3 Å². The van der Waals surface area contributed by atoms with Crippen LogP contribution in [0.2, 0.25) is 0 Å². The molecule has 108 valence electrons. The maximum atomic E-state index is 11.9. The Balaban J connectivity index is 3.02. The van der Waals surface area contributed by atoms with Gasteiger partial charge in [0.1, 0.15) is 11.7 Å². The Morgan fingerprint density at radius 2 is 2.10 bits per heavy atom. The Kier molecular flexibility index (Phi) is 5.01. The minimum Gasteiger partial charge on any atom is -0.380 e. The number of anilines is 1. The van der Waals surface area contributed by atoms with Crippen LogP contribution in [0.3, 0.4) is 0 Å². The van der Waals surface area contributed by atoms with E-state index in [0.717, 1.165) is 0 Å². The van der Waals surface area contributed by atoms with Gasteiger partial charge in [-0.2, -0.15) is 0 Å². The number of hydrogen-bond donors (Lipinski definition) is 3. The first kappa shape index (κ1) is 15.4. The highest BCUT2D eigenvalue weighted by Crippen LogP contribution is 2.25. The molecule has 20 heavy (non-hydrogen) atoms. The molecule has 1 atom stereocenters. The molecule has 1 aromatic rings. The zero-order valence-corrected chi connectivity index (χ0v) is 11.2. The molecule has 1 aromatic carbocycles. The number of carbonyl (C=O) groups excluding carboxylic acids is 2. The van der Waals surface area contributed by atoms with Crippen molar-refractivity contribution < 1.29 is 14.5 Å². The van der Waals surface area contributed by atoms with E-state index in [2.05, 4.69) is 10.6 Å². The summed E-state index contributed by atoms with van der Waals surface area (Å²) in [6, 6.07) is 3.11. The first-order valence-corrected chi connectivity index (χ1v) is 5.99. The second kappa shape index (κ2) is 6.50. The fourth-order valence-electron chi connectivity index (χ4n) is 1.52. The van der Waals surface area contributed by atoms with Crippen LogP contribution in [0.5, 0.6) is 0 Å². The van der Waals surface area contributed by atoms with Crippen LogP contribution < -0.4 is 16.4 Å². The number of nitro benzene ring substituents is 1. The maximum absolute atomic E-state index is 11.9. The molecule has 0 bridgehead atoms. The number of rotatable bonds is 6. The van der Waals surface area contributed by atoms with Crippen molar-refractivity contribution in [3.05, 3.63) is 33.9 Å². The van der Waals surface area contributed by atoms with Gasteiger partial charge in [-0.05, 0) is 26.0 Å². The van der Waals surface area contributed by atoms with Gasteiger partial charge in [-0.15, -0.1) is 0 Å². The molecule has 0 aromatic heterocycles. The molecule has 1 rings (SSSR count). The van der Waals surface area contributed by atoms with Crippen molar-refractivity contribution in [3.63, 3.8) is 0 Å². The van der Waals surface area contributed by atoms with Crippen LogP contribution in [0.15, 0.2) is 18.2 Å². The lowest BCUT2D eigenvalue weighted by molar-refractivity contribution is -0.384. The Hall–Kier alpha value is -2.64. The van der Waals surface area contributed by atoms with E-state index in [4.69, 9.17) is 5.73 Å². The molecule has 2 amide bonds. The van der Waals surface area contributed by atoms with Gasteiger partial charge in [0.05, 0.1) is 4.92 Å². The smallest absolute Gasteiger partial charge is 0.292 e. The van der Waals surface area contributed by atoms with E-state index in [1.165, 1.54) is 25.1 Å². The fraction of sp³-hybridized carbons (Fsp3) is 0.333. The summed E-state index contributed by atoms with van der Waals surface area (Å²) in [6.45, 7) is 3.71. The highest BCUT2D eigenvalue weighted by Gasteiger charge is 2.18. The number of hydrogen-bond acceptors (Lipinski definition) is 5. The normalized spacial score (nSPS) is 11.5. The van der Waals surface area contributed by atoms with Crippen LogP contribution in [0.25, 0.3) is 0 Å². The van der Waals surface area contributed by atoms with Gasteiger partial charge in [0.25, 0.3) is 11.6 Å². The highest BCUT2D eigenvalue weighted by atomic mass is 16.6. The molecular weight excluding hydrogens is 264 g/mol. The molecule has 0 fully saturated rings. The molecule has 0 saturated carbocycles. The summed E-state index contributed by atoms with van der Waals surface area (Å²) in [6.07, 6.45) is 0. The maximum Gasteiger partial charge on any atom is 0.292 e. The third-order valence-electron chi connectivity index (χ3n) is 2.60. The van der Waals surface area contributed by atoms with Crippen molar-refractivity contribution in [1.82, 2.24) is 5.32 Å². The molecule has 0 heterocycles. The molecule has 0 aliphatic heterocycles. The summed E-state index contributed by atoms with van der Waals surface area (Å²) >= 11 is 0. The van der Waals surface area contributed by atoms with E-state index in [1.54, 1.807) is 6.92 Å². The third kappa shape index (κ3) is 3.67. The predicted molar refractivity (Wildman–Crippen MR) is 73.4 cm³/mol. The Labute approximate surface area is 115 Å². The Bertz CT molecular complexity index is 544. The molecule has 0 spiro atoms. The minimum absolute atomic E-state index is 0.119. The molecule has 8 nitrogen and oxygen atoms in total. The molecular formula is C12H16N4O4. The number of benzene rings is 1. The number of nitro groups is 1. The first-order valence-electron chi connectivity index (χ1n) is 5.99. The van der Waals surface area contributed by atoms with Crippen molar-refractivity contribution in [2.45, 2.75) is 19.9 Å². The molecule has 4 N–H and O–H groups in total. The van der Waals surface area contributed by atoms with Gasteiger partial charge in [0.15, 0.2) is 0 Å². The van der Waals surface area contributed by atoms with Gasteiger partial charge in [-0.1, -0.05) is 0 Å². The van der Waals surface area contributed by atoms with E-state index >= 15 is 0 Å². The summed E-state index contributed by atoms with van der Waals surface area (Å²) in [5.41, 5.74) is 5.38. The standard InChI is InChI=1S/C12H16N4O4/c1-3-14-9-6-8(4-5-10(9)16(19)20)12(18)15-7(2)11(13)17/h4-7,14H,3H2,1-2H3,(H2,13,17)(H,15,18). The molecule has 1 unspecified atom stereocenters. The monoisotopic (exact) mass is 280 g/mol. The number of nitrogens with two attached hydrogens (primary N) is 1. The number of carbonyl (C=O) groups is 2. The van der Waals surface area contributed by atoms with Gasteiger partial charge < -0.3 is 16.4 Å². The van der Waals surface area contributed by atoms with Gasteiger partial charge in [0, 0.05) is 18.2 Å². The second-order valence-electron chi connectivity index (χ2n) is 4.12. The number of nitrogens with one attached hydrogen (secondary N) is 2. The lowest BCUT2D eigenvalue weighted by Gasteiger charge is -2.11. The van der Waals surface area contributed by atoms with Crippen LogP contribution in [0.1, 0.15) is 24.2 Å². The molecule has 0 aliphatic carbocycles. The number of nitrogens with zero attached hydrogens (tertiary/aromatic N) is 1. The quantitative estimate of drug-likeness (QED) is 0.520.